The zero-order valence-corrected chi connectivity index (χ0v) is 25.5. The van der Waals surface area contributed by atoms with Gasteiger partial charge in [-0.1, -0.05) is 29.5 Å². The average Bonchev–Trinajstić information content (AvgIpc) is 3.35. The number of nitro benzene ring substituents is 2. The van der Waals surface area contributed by atoms with E-state index in [4.69, 9.17) is 18.9 Å². The van der Waals surface area contributed by atoms with Crippen molar-refractivity contribution in [2.24, 2.45) is 4.99 Å². The summed E-state index contributed by atoms with van der Waals surface area (Å²) in [6.45, 7) is 4.46. The van der Waals surface area contributed by atoms with Gasteiger partial charge in [0, 0.05) is 12.3 Å². The van der Waals surface area contributed by atoms with Crippen LogP contribution in [0.2, 0.25) is 0 Å². The summed E-state index contributed by atoms with van der Waals surface area (Å²) in [6, 6.07) is 13.8. The minimum Gasteiger partial charge on any atom is -0.490 e. The van der Waals surface area contributed by atoms with E-state index in [0.29, 0.717) is 40.6 Å². The highest BCUT2D eigenvalue weighted by Crippen LogP contribution is 2.36. The Hall–Kier alpha value is -5.83. The Labute approximate surface area is 264 Å². The van der Waals surface area contributed by atoms with Gasteiger partial charge in [0.05, 0.1) is 52.4 Å². The number of non-ortho nitro benzene ring substituents is 1. The Kier molecular flexibility index (Phi) is 9.23. The Balaban J connectivity index is 1.56. The van der Waals surface area contributed by atoms with Gasteiger partial charge in [-0.05, 0) is 61.4 Å². The van der Waals surface area contributed by atoms with E-state index in [9.17, 15) is 29.8 Å². The molecule has 0 radical (unpaired) electrons. The third-order valence-electron chi connectivity index (χ3n) is 6.74. The van der Waals surface area contributed by atoms with Crippen LogP contribution in [0.15, 0.2) is 82.2 Å². The van der Waals surface area contributed by atoms with Gasteiger partial charge >= 0.3 is 11.7 Å². The van der Waals surface area contributed by atoms with E-state index in [-0.39, 0.29) is 21.6 Å². The lowest BCUT2D eigenvalue weighted by Gasteiger charge is -2.23. The summed E-state index contributed by atoms with van der Waals surface area (Å²) in [5.74, 6) is 0.326. The molecule has 4 aromatic rings. The van der Waals surface area contributed by atoms with Gasteiger partial charge in [0.2, 0.25) is 5.75 Å². The molecular formula is C31H26N4O10S. The van der Waals surface area contributed by atoms with Crippen molar-refractivity contribution in [2.45, 2.75) is 19.9 Å². The van der Waals surface area contributed by atoms with Crippen molar-refractivity contribution in [3.8, 4) is 23.0 Å². The number of carbonyl (C=O) groups is 1. The molecule has 0 fully saturated rings. The number of ether oxygens (including phenoxy) is 4. The summed E-state index contributed by atoms with van der Waals surface area (Å²) in [5, 5.41) is 22.6. The van der Waals surface area contributed by atoms with Gasteiger partial charge in [0.15, 0.2) is 16.3 Å². The molecule has 1 atom stereocenters. The maximum absolute atomic E-state index is 13.9. The predicted molar refractivity (Wildman–Crippen MR) is 166 cm³/mol. The molecule has 0 unspecified atom stereocenters. The molecule has 0 saturated carbocycles. The molecule has 0 aliphatic carbocycles. The molecule has 46 heavy (non-hydrogen) atoms. The van der Waals surface area contributed by atoms with Crippen LogP contribution in [0.25, 0.3) is 6.08 Å². The van der Waals surface area contributed by atoms with E-state index in [0.717, 1.165) is 29.5 Å². The van der Waals surface area contributed by atoms with Crippen LogP contribution in [-0.2, 0) is 9.53 Å². The Morgan fingerprint density at radius 3 is 2.41 bits per heavy atom. The quantitative estimate of drug-likeness (QED) is 0.129. The van der Waals surface area contributed by atoms with Crippen LogP contribution in [0.5, 0.6) is 23.0 Å². The van der Waals surface area contributed by atoms with E-state index in [2.05, 4.69) is 4.99 Å². The van der Waals surface area contributed by atoms with Crippen molar-refractivity contribution < 1.29 is 33.6 Å². The van der Waals surface area contributed by atoms with Crippen LogP contribution < -0.4 is 29.1 Å². The molecule has 0 N–H and O–H groups in total. The smallest absolute Gasteiger partial charge is 0.337 e. The lowest BCUT2D eigenvalue weighted by atomic mass is 9.97. The molecule has 2 heterocycles. The number of nitro groups is 2. The van der Waals surface area contributed by atoms with Crippen molar-refractivity contribution in [3.05, 3.63) is 123 Å². The number of fused-ring (bicyclic) bond motifs is 1. The fourth-order valence-electron chi connectivity index (χ4n) is 4.78. The molecule has 1 aliphatic heterocycles. The highest BCUT2D eigenvalue weighted by Gasteiger charge is 2.31. The second-order valence-corrected chi connectivity index (χ2v) is 10.6. The van der Waals surface area contributed by atoms with Crippen molar-refractivity contribution in [3.63, 3.8) is 0 Å². The molecule has 14 nitrogen and oxygen atoms in total. The summed E-state index contributed by atoms with van der Waals surface area (Å²) in [4.78, 5) is 52.6. The van der Waals surface area contributed by atoms with E-state index in [1.165, 1.54) is 17.9 Å². The first kappa shape index (κ1) is 31.6. The zero-order valence-electron chi connectivity index (χ0n) is 24.7. The first-order chi connectivity index (χ1) is 22.1. The minimum absolute atomic E-state index is 0.146. The van der Waals surface area contributed by atoms with Crippen molar-refractivity contribution in [1.29, 1.82) is 0 Å². The molecule has 1 aliphatic rings. The third-order valence-corrected chi connectivity index (χ3v) is 7.74. The maximum atomic E-state index is 13.9. The maximum Gasteiger partial charge on any atom is 0.337 e. The summed E-state index contributed by atoms with van der Waals surface area (Å²) in [5.41, 5.74) is -0.199. The monoisotopic (exact) mass is 646 g/mol. The van der Waals surface area contributed by atoms with Gasteiger partial charge in [-0.2, -0.15) is 0 Å². The molecule has 5 rings (SSSR count). The van der Waals surface area contributed by atoms with Crippen molar-refractivity contribution in [2.75, 3.05) is 20.3 Å². The number of rotatable bonds is 11. The highest BCUT2D eigenvalue weighted by atomic mass is 32.1. The number of benzene rings is 3. The largest absolute Gasteiger partial charge is 0.490 e. The number of thiazole rings is 1. The molecule has 236 valence electrons. The van der Waals surface area contributed by atoms with Crippen LogP contribution in [0.3, 0.4) is 0 Å². The normalized spacial score (nSPS) is 14.0. The first-order valence-corrected chi connectivity index (χ1v) is 14.7. The van der Waals surface area contributed by atoms with Crippen LogP contribution in [-0.4, -0.2) is 40.7 Å². The van der Waals surface area contributed by atoms with Gasteiger partial charge < -0.3 is 18.9 Å². The van der Waals surface area contributed by atoms with Crippen LogP contribution in [0, 0.1) is 20.2 Å². The van der Waals surface area contributed by atoms with E-state index in [1.807, 2.05) is 13.8 Å². The van der Waals surface area contributed by atoms with E-state index < -0.39 is 38.8 Å². The van der Waals surface area contributed by atoms with E-state index >= 15 is 0 Å². The number of hydrogen-bond acceptors (Lipinski definition) is 12. The van der Waals surface area contributed by atoms with Crippen LogP contribution >= 0.6 is 11.3 Å². The lowest BCUT2D eigenvalue weighted by molar-refractivity contribution is -0.394. The zero-order chi connectivity index (χ0) is 33.0. The summed E-state index contributed by atoms with van der Waals surface area (Å²) in [7, 11) is 1.25. The lowest BCUT2D eigenvalue weighted by Crippen LogP contribution is -2.39. The van der Waals surface area contributed by atoms with Crippen molar-refractivity contribution >= 4 is 34.8 Å². The number of methoxy groups -OCH3 is 1. The predicted octanol–water partition coefficient (Wildman–Crippen LogP) is 4.42. The molecule has 0 spiro atoms. The summed E-state index contributed by atoms with van der Waals surface area (Å²) in [6.07, 6.45) is 2.98. The molecular weight excluding hydrogens is 620 g/mol. The Bertz CT molecular complexity index is 2070. The van der Waals surface area contributed by atoms with Crippen molar-refractivity contribution in [1.82, 2.24) is 4.57 Å². The van der Waals surface area contributed by atoms with Gasteiger partial charge in [-0.3, -0.25) is 29.6 Å². The molecule has 0 bridgehead atoms. The number of hydrogen-bond donors (Lipinski definition) is 0. The number of nitrogens with zero attached hydrogens (tertiary/aromatic N) is 4. The topological polar surface area (TPSA) is 175 Å². The van der Waals surface area contributed by atoms with Gasteiger partial charge in [-0.15, -0.1) is 0 Å². The fraction of sp³-hybridized carbons (Fsp3) is 0.194. The Morgan fingerprint density at radius 1 is 0.978 bits per heavy atom. The van der Waals surface area contributed by atoms with Gasteiger partial charge in [0.25, 0.3) is 11.2 Å². The summed E-state index contributed by atoms with van der Waals surface area (Å²) < 4.78 is 23.9. The number of aromatic nitrogens is 1. The molecule has 1 aromatic heterocycles. The highest BCUT2D eigenvalue weighted by molar-refractivity contribution is 7.07. The Morgan fingerprint density at radius 2 is 1.72 bits per heavy atom. The number of carbonyl (C=O) groups excluding carboxylic acids is 1. The molecule has 15 heteroatoms. The van der Waals surface area contributed by atoms with E-state index in [1.54, 1.807) is 48.5 Å². The molecule has 0 saturated heterocycles. The van der Waals surface area contributed by atoms with Gasteiger partial charge in [0.1, 0.15) is 5.75 Å². The molecule has 0 amide bonds. The summed E-state index contributed by atoms with van der Waals surface area (Å²) >= 11 is 1.10. The SMILES string of the molecule is CCOc1ccc([C@H]2C(C(=O)OC)=CN=c3s/c(=C/c4cccc(Oc5ccc([N+](=O)[O-])cc5[N+](=O)[O-])c4)c(=O)n32)cc1OCC. The average molecular weight is 647 g/mol. The van der Waals surface area contributed by atoms with Crippen LogP contribution in [0.4, 0.5) is 11.4 Å². The standard InChI is InChI=1S/C31H26N4O10S/c1-4-43-25-11-9-19(15-26(25)44-5-2)28-22(30(37)42-3)17-32-31-33(28)29(36)27(46-31)14-18-7-6-8-21(13-18)45-24-12-10-20(34(38)39)16-23(24)35(40)41/h6-17,28H,4-5H2,1-3H3/b27-14+/t28-/m0/s1. The minimum atomic E-state index is -0.877. The second-order valence-electron chi connectivity index (χ2n) is 9.59. The second kappa shape index (κ2) is 13.4. The first-order valence-electron chi connectivity index (χ1n) is 13.8. The number of esters is 1. The van der Waals surface area contributed by atoms with Gasteiger partial charge in [-0.25, -0.2) is 9.79 Å². The fourth-order valence-corrected chi connectivity index (χ4v) is 5.75. The third kappa shape index (κ3) is 6.34. The van der Waals surface area contributed by atoms with Crippen LogP contribution in [0.1, 0.15) is 31.0 Å². The molecule has 3 aromatic carbocycles.